The van der Waals surface area contributed by atoms with Crippen molar-refractivity contribution in [3.05, 3.63) is 70.3 Å². The number of aliphatic imine (C=N–C) groups is 1. The third kappa shape index (κ3) is 11.6. The molecular formula is C35H46N4O8S. The molecule has 1 saturated heterocycles. The highest BCUT2D eigenvalue weighted by Crippen LogP contribution is 2.41. The molecule has 0 spiro atoms. The van der Waals surface area contributed by atoms with Gasteiger partial charge in [0.05, 0.1) is 30.4 Å². The second kappa shape index (κ2) is 17.9. The number of para-hydroxylation sites is 1. The number of aliphatic hydroxyl groups is 1. The number of thioether (sulfide) groups is 1. The van der Waals surface area contributed by atoms with Gasteiger partial charge in [-0.1, -0.05) is 36.0 Å². The number of amides is 1. The molecule has 2 aliphatic heterocycles. The molecule has 1 amide bonds. The number of carbonyl (C=O) groups is 2. The van der Waals surface area contributed by atoms with Crippen LogP contribution in [0.25, 0.3) is 6.08 Å². The first kappa shape index (κ1) is 36.8. The molecule has 260 valence electrons. The number of ether oxygens (including phenoxy) is 4. The van der Waals surface area contributed by atoms with Gasteiger partial charge in [0.1, 0.15) is 28.6 Å². The van der Waals surface area contributed by atoms with Crippen molar-refractivity contribution in [1.29, 1.82) is 0 Å². The van der Waals surface area contributed by atoms with Gasteiger partial charge in [-0.15, -0.1) is 0 Å². The van der Waals surface area contributed by atoms with Crippen LogP contribution < -0.4 is 10.1 Å². The van der Waals surface area contributed by atoms with Gasteiger partial charge in [0.2, 0.25) is 0 Å². The maximum absolute atomic E-state index is 12.7. The average Bonchev–Trinajstić information content (AvgIpc) is 3.34. The lowest BCUT2D eigenvalue weighted by Gasteiger charge is -2.34. The lowest BCUT2D eigenvalue weighted by molar-refractivity contribution is -0.138. The van der Waals surface area contributed by atoms with Crippen molar-refractivity contribution in [2.45, 2.75) is 33.3 Å². The number of hydrogen-bond acceptors (Lipinski definition) is 12. The molecule has 2 aliphatic rings. The van der Waals surface area contributed by atoms with E-state index in [1.165, 1.54) is 0 Å². The van der Waals surface area contributed by atoms with Crippen molar-refractivity contribution < 1.29 is 38.7 Å². The summed E-state index contributed by atoms with van der Waals surface area (Å²) < 4.78 is 21.9. The summed E-state index contributed by atoms with van der Waals surface area (Å²) in [6, 6.07) is 14.2. The summed E-state index contributed by atoms with van der Waals surface area (Å²) in [4.78, 5) is 34.0. The molecule has 1 fully saturated rings. The van der Waals surface area contributed by atoms with E-state index in [4.69, 9.17) is 18.9 Å². The van der Waals surface area contributed by atoms with Crippen LogP contribution in [-0.4, -0.2) is 115 Å². The predicted molar refractivity (Wildman–Crippen MR) is 187 cm³/mol. The molecule has 0 unspecified atom stereocenters. The molecule has 2 aromatic rings. The van der Waals surface area contributed by atoms with E-state index in [9.17, 15) is 19.8 Å². The van der Waals surface area contributed by atoms with E-state index in [1.807, 2.05) is 51.1 Å². The monoisotopic (exact) mass is 682 g/mol. The van der Waals surface area contributed by atoms with E-state index in [-0.39, 0.29) is 23.7 Å². The number of aliphatic hydroxyl groups excluding tert-OH is 1. The summed E-state index contributed by atoms with van der Waals surface area (Å²) in [6.07, 6.45) is 1.24. The van der Waals surface area contributed by atoms with Crippen LogP contribution in [0.15, 0.2) is 69.8 Å². The Morgan fingerprint density at radius 2 is 1.67 bits per heavy atom. The highest BCUT2D eigenvalue weighted by Gasteiger charge is 2.33. The van der Waals surface area contributed by atoms with Crippen molar-refractivity contribution in [2.24, 2.45) is 4.99 Å². The van der Waals surface area contributed by atoms with E-state index in [2.05, 4.69) is 20.1 Å². The predicted octanol–water partition coefficient (Wildman–Crippen LogP) is 5.12. The Balaban J connectivity index is 1.20. The summed E-state index contributed by atoms with van der Waals surface area (Å²) in [5, 5.41) is 24.6. The van der Waals surface area contributed by atoms with Crippen LogP contribution >= 0.6 is 11.8 Å². The quantitative estimate of drug-likeness (QED) is 0.181. The fourth-order valence-electron chi connectivity index (χ4n) is 4.87. The van der Waals surface area contributed by atoms with Crippen molar-refractivity contribution in [1.82, 2.24) is 15.1 Å². The van der Waals surface area contributed by atoms with Crippen molar-refractivity contribution in [3.8, 4) is 11.5 Å². The number of benzene rings is 2. The molecule has 12 nitrogen and oxygen atoms in total. The molecule has 2 aromatic carbocycles. The van der Waals surface area contributed by atoms with Gasteiger partial charge in [0, 0.05) is 45.8 Å². The SMILES string of the molecule is CCOC(=O)C1=C(O)/C(=C/c2ccc(OCCN3CCN(CCOCCNC(=O)OC(C)(C)C)CC3)c(O)c2)SC1=Nc1ccccc1. The van der Waals surface area contributed by atoms with E-state index in [1.54, 1.807) is 31.2 Å². The van der Waals surface area contributed by atoms with Gasteiger partial charge in [-0.2, -0.15) is 0 Å². The zero-order chi connectivity index (χ0) is 34.5. The number of alkyl carbamates (subject to hydrolysis) is 1. The van der Waals surface area contributed by atoms with Gasteiger partial charge >= 0.3 is 12.1 Å². The normalized spacial score (nSPS) is 17.6. The fourth-order valence-corrected chi connectivity index (χ4v) is 5.90. The van der Waals surface area contributed by atoms with Crippen molar-refractivity contribution in [2.75, 3.05) is 72.2 Å². The minimum atomic E-state index is -0.649. The van der Waals surface area contributed by atoms with Gasteiger partial charge in [-0.3, -0.25) is 9.80 Å². The van der Waals surface area contributed by atoms with Crippen LogP contribution in [0.1, 0.15) is 33.3 Å². The van der Waals surface area contributed by atoms with E-state index in [0.29, 0.717) is 53.3 Å². The van der Waals surface area contributed by atoms with Crippen molar-refractivity contribution in [3.63, 3.8) is 0 Å². The second-order valence-corrected chi connectivity index (χ2v) is 13.1. The van der Waals surface area contributed by atoms with Gasteiger partial charge in [-0.25, -0.2) is 14.6 Å². The zero-order valence-corrected chi connectivity index (χ0v) is 28.9. The first-order valence-electron chi connectivity index (χ1n) is 16.1. The first-order chi connectivity index (χ1) is 23.0. The van der Waals surface area contributed by atoms with Crippen LogP contribution in [0.2, 0.25) is 0 Å². The van der Waals surface area contributed by atoms with Crippen LogP contribution in [0, 0.1) is 0 Å². The third-order valence-electron chi connectivity index (χ3n) is 7.23. The standard InChI is InChI=1S/C35H46N4O8S/c1-5-45-33(42)30-31(41)29(48-32(30)37-26-9-7-6-8-10-26)24-25-11-12-28(27(40)23-25)46-22-19-39-16-14-38(15-17-39)18-21-44-20-13-36-34(43)47-35(2,3)4/h6-12,23-24,40-41H,5,13-22H2,1-4H3,(H,36,43)/b29-24-,37-32?. The summed E-state index contributed by atoms with van der Waals surface area (Å²) in [5.41, 5.74) is 0.761. The molecule has 0 radical (unpaired) electrons. The Morgan fingerprint density at radius 1 is 0.979 bits per heavy atom. The maximum Gasteiger partial charge on any atom is 0.407 e. The van der Waals surface area contributed by atoms with Gasteiger partial charge < -0.3 is 34.5 Å². The lowest BCUT2D eigenvalue weighted by Crippen LogP contribution is -2.48. The number of piperazine rings is 1. The highest BCUT2D eigenvalue weighted by molar-refractivity contribution is 8.18. The minimum absolute atomic E-state index is 0.0139. The van der Waals surface area contributed by atoms with Crippen molar-refractivity contribution >= 4 is 40.6 Å². The Kier molecular flexibility index (Phi) is 13.7. The first-order valence-corrected chi connectivity index (χ1v) is 16.9. The number of phenolic OH excluding ortho intramolecular Hbond substituents is 1. The topological polar surface area (TPSA) is 142 Å². The van der Waals surface area contributed by atoms with Crippen LogP contribution in [0.4, 0.5) is 10.5 Å². The Hall–Kier alpha value is -4.04. The van der Waals surface area contributed by atoms with E-state index < -0.39 is 17.7 Å². The van der Waals surface area contributed by atoms with Crippen LogP contribution in [0.5, 0.6) is 11.5 Å². The summed E-state index contributed by atoms with van der Waals surface area (Å²) in [5.74, 6) is -0.519. The smallest absolute Gasteiger partial charge is 0.407 e. The summed E-state index contributed by atoms with van der Waals surface area (Å²) >= 11 is 1.16. The van der Waals surface area contributed by atoms with Gasteiger partial charge in [0.25, 0.3) is 0 Å². The van der Waals surface area contributed by atoms with E-state index >= 15 is 0 Å². The Bertz CT molecular complexity index is 1480. The van der Waals surface area contributed by atoms with Gasteiger partial charge in [-0.05, 0) is 63.6 Å². The molecule has 0 atom stereocenters. The number of esters is 1. The lowest BCUT2D eigenvalue weighted by atomic mass is 10.1. The number of hydrogen-bond donors (Lipinski definition) is 3. The third-order valence-corrected chi connectivity index (χ3v) is 8.25. The number of nitrogens with zero attached hydrogens (tertiary/aromatic N) is 3. The number of carbonyl (C=O) groups excluding carboxylic acids is 2. The number of aromatic hydroxyl groups is 1. The summed E-state index contributed by atoms with van der Waals surface area (Å²) in [6.45, 7) is 14.4. The molecular weight excluding hydrogens is 636 g/mol. The number of nitrogens with one attached hydrogen (secondary N) is 1. The van der Waals surface area contributed by atoms with E-state index in [0.717, 1.165) is 51.0 Å². The fraction of sp³-hybridized carbons (Fsp3) is 0.457. The second-order valence-electron chi connectivity index (χ2n) is 12.1. The highest BCUT2D eigenvalue weighted by atomic mass is 32.2. The largest absolute Gasteiger partial charge is 0.506 e. The Morgan fingerprint density at radius 3 is 2.31 bits per heavy atom. The molecule has 2 heterocycles. The maximum atomic E-state index is 12.7. The number of rotatable bonds is 14. The molecule has 0 aromatic heterocycles. The Labute approximate surface area is 286 Å². The summed E-state index contributed by atoms with van der Waals surface area (Å²) in [7, 11) is 0. The molecule has 0 saturated carbocycles. The molecule has 0 aliphatic carbocycles. The van der Waals surface area contributed by atoms with Gasteiger partial charge in [0.15, 0.2) is 11.5 Å². The minimum Gasteiger partial charge on any atom is -0.506 e. The molecule has 3 N–H and O–H groups in total. The molecule has 0 bridgehead atoms. The number of phenols is 1. The van der Waals surface area contributed by atoms with Crippen LogP contribution in [0.3, 0.4) is 0 Å². The van der Waals surface area contributed by atoms with Crippen LogP contribution in [-0.2, 0) is 19.0 Å². The average molecular weight is 683 g/mol. The molecule has 48 heavy (non-hydrogen) atoms. The molecule has 13 heteroatoms. The zero-order valence-electron chi connectivity index (χ0n) is 28.1. The molecule has 4 rings (SSSR count).